The van der Waals surface area contributed by atoms with Crippen molar-refractivity contribution in [2.45, 2.75) is 12.8 Å². The largest absolute Gasteiger partial charge is 0.497 e. The molecule has 22 heavy (non-hydrogen) atoms. The van der Waals surface area contributed by atoms with Gasteiger partial charge in [-0.15, -0.1) is 0 Å². The van der Waals surface area contributed by atoms with E-state index in [-0.39, 0.29) is 12.2 Å². The molecule has 0 saturated heterocycles. The number of aliphatic carboxylic acids is 1. The quantitative estimate of drug-likeness (QED) is 0.939. The van der Waals surface area contributed by atoms with Crippen molar-refractivity contribution in [1.29, 1.82) is 0 Å². The summed E-state index contributed by atoms with van der Waals surface area (Å²) in [5.74, 6) is -0.209. The van der Waals surface area contributed by atoms with Crippen molar-refractivity contribution in [3.8, 4) is 11.5 Å². The Hall–Kier alpha value is -2.56. The number of Topliss-reactive ketones (excluding diaryl/α,β-unsaturated/α-hetero) is 1. The molecule has 0 aliphatic heterocycles. The Morgan fingerprint density at radius 1 is 1.23 bits per heavy atom. The van der Waals surface area contributed by atoms with E-state index >= 15 is 0 Å². The second kappa shape index (κ2) is 5.33. The number of ketones is 1. The topological polar surface area (TPSA) is 72.8 Å². The summed E-state index contributed by atoms with van der Waals surface area (Å²) in [6.45, 7) is 0. The van der Waals surface area contributed by atoms with E-state index in [2.05, 4.69) is 0 Å². The van der Waals surface area contributed by atoms with Crippen LogP contribution in [0.25, 0.3) is 10.8 Å². The number of methoxy groups -OCH3 is 2. The molecule has 1 N–H and O–H groups in total. The molecule has 5 heteroatoms. The van der Waals surface area contributed by atoms with E-state index in [1.54, 1.807) is 20.3 Å². The van der Waals surface area contributed by atoms with E-state index < -0.39 is 11.9 Å². The summed E-state index contributed by atoms with van der Waals surface area (Å²) in [6.07, 6.45) is 0.298. The molecule has 2 aromatic carbocycles. The molecular weight excluding hydrogens is 284 g/mol. The van der Waals surface area contributed by atoms with Gasteiger partial charge in [-0.3, -0.25) is 9.59 Å². The van der Waals surface area contributed by atoms with Crippen LogP contribution in [0.5, 0.6) is 11.5 Å². The average molecular weight is 300 g/mol. The minimum absolute atomic E-state index is 0.102. The van der Waals surface area contributed by atoms with Crippen molar-refractivity contribution in [2.75, 3.05) is 14.2 Å². The normalized spacial score (nSPS) is 16.6. The smallest absolute Gasteiger partial charge is 0.304 e. The zero-order valence-electron chi connectivity index (χ0n) is 12.4. The summed E-state index contributed by atoms with van der Waals surface area (Å²) in [5, 5.41) is 10.5. The van der Waals surface area contributed by atoms with Crippen LogP contribution in [0.15, 0.2) is 24.3 Å². The van der Waals surface area contributed by atoms with Crippen molar-refractivity contribution in [2.24, 2.45) is 5.92 Å². The van der Waals surface area contributed by atoms with E-state index in [0.717, 1.165) is 16.3 Å². The molecule has 1 unspecified atom stereocenters. The number of benzene rings is 2. The van der Waals surface area contributed by atoms with Crippen LogP contribution >= 0.6 is 0 Å². The summed E-state index contributed by atoms with van der Waals surface area (Å²) >= 11 is 0. The van der Waals surface area contributed by atoms with Crippen LogP contribution in [-0.2, 0) is 11.2 Å². The highest BCUT2D eigenvalue weighted by Gasteiger charge is 2.34. The van der Waals surface area contributed by atoms with Crippen LogP contribution in [0.3, 0.4) is 0 Å². The Morgan fingerprint density at radius 2 is 2.00 bits per heavy atom. The highest BCUT2D eigenvalue weighted by molar-refractivity contribution is 6.14. The summed E-state index contributed by atoms with van der Waals surface area (Å²) in [6, 6.07) is 7.28. The molecule has 0 saturated carbocycles. The van der Waals surface area contributed by atoms with Crippen molar-refractivity contribution in [3.05, 3.63) is 35.4 Å². The predicted molar refractivity (Wildman–Crippen MR) is 80.8 cm³/mol. The van der Waals surface area contributed by atoms with Gasteiger partial charge in [-0.1, -0.05) is 0 Å². The average Bonchev–Trinajstić information content (AvgIpc) is 2.81. The molecule has 2 aromatic rings. The monoisotopic (exact) mass is 300 g/mol. The number of carboxylic acid groups (broad SMARTS) is 1. The fraction of sp³-hybridized carbons (Fsp3) is 0.294. The lowest BCUT2D eigenvalue weighted by Crippen LogP contribution is -2.14. The zero-order chi connectivity index (χ0) is 15.9. The predicted octanol–water partition coefficient (Wildman–Crippen LogP) is 2.69. The molecule has 5 nitrogen and oxygen atoms in total. The zero-order valence-corrected chi connectivity index (χ0v) is 12.4. The maximum Gasteiger partial charge on any atom is 0.304 e. The molecule has 0 spiro atoms. The van der Waals surface area contributed by atoms with Gasteiger partial charge in [0.05, 0.1) is 20.6 Å². The highest BCUT2D eigenvalue weighted by Crippen LogP contribution is 2.40. The first-order chi connectivity index (χ1) is 10.5. The number of carbonyl (C=O) groups is 2. The van der Waals surface area contributed by atoms with Gasteiger partial charge in [-0.05, 0) is 41.6 Å². The standard InChI is InChI=1S/C17H16O5/c1-21-11-3-4-12-13(8-11)14(22-2)6-9-5-10(7-15(18)19)17(20)16(9)12/h3-4,6,8,10H,5,7H2,1-2H3,(H,18,19). The number of hydrogen-bond donors (Lipinski definition) is 1. The van der Waals surface area contributed by atoms with Gasteiger partial charge in [0.1, 0.15) is 11.5 Å². The number of rotatable bonds is 4. The van der Waals surface area contributed by atoms with E-state index in [9.17, 15) is 9.59 Å². The van der Waals surface area contributed by atoms with Gasteiger partial charge in [-0.25, -0.2) is 0 Å². The SMILES string of the molecule is COc1ccc2c3c(cc(OC)c2c1)CC(CC(=O)O)C3=O. The minimum Gasteiger partial charge on any atom is -0.497 e. The lowest BCUT2D eigenvalue weighted by Gasteiger charge is -2.11. The summed E-state index contributed by atoms with van der Waals surface area (Å²) < 4.78 is 10.6. The molecule has 3 rings (SSSR count). The number of carbonyl (C=O) groups excluding carboxylic acids is 1. The van der Waals surface area contributed by atoms with Crippen molar-refractivity contribution in [3.63, 3.8) is 0 Å². The van der Waals surface area contributed by atoms with Crippen LogP contribution in [0.4, 0.5) is 0 Å². The number of hydrogen-bond acceptors (Lipinski definition) is 4. The molecule has 0 heterocycles. The Kier molecular flexibility index (Phi) is 3.48. The van der Waals surface area contributed by atoms with Gasteiger partial charge >= 0.3 is 5.97 Å². The molecule has 114 valence electrons. The van der Waals surface area contributed by atoms with Crippen LogP contribution in [0.1, 0.15) is 22.3 Å². The number of carboxylic acids is 1. The van der Waals surface area contributed by atoms with Crippen LogP contribution < -0.4 is 9.47 Å². The van der Waals surface area contributed by atoms with Gasteiger partial charge in [0.25, 0.3) is 0 Å². The van der Waals surface area contributed by atoms with Crippen molar-refractivity contribution in [1.82, 2.24) is 0 Å². The van der Waals surface area contributed by atoms with Gasteiger partial charge in [0.15, 0.2) is 5.78 Å². The Labute approximate surface area is 127 Å². The maximum absolute atomic E-state index is 12.6. The summed E-state index contributed by atoms with van der Waals surface area (Å²) in [7, 11) is 3.15. The van der Waals surface area contributed by atoms with Crippen molar-refractivity contribution >= 4 is 22.5 Å². The third-order valence-electron chi connectivity index (χ3n) is 4.11. The fourth-order valence-corrected chi connectivity index (χ4v) is 3.11. The third kappa shape index (κ3) is 2.19. The first-order valence-electron chi connectivity index (χ1n) is 6.98. The van der Waals surface area contributed by atoms with Gasteiger partial charge in [0.2, 0.25) is 0 Å². The van der Waals surface area contributed by atoms with E-state index in [4.69, 9.17) is 14.6 Å². The molecule has 0 amide bonds. The first kappa shape index (κ1) is 14.4. The second-order valence-corrected chi connectivity index (χ2v) is 5.39. The van der Waals surface area contributed by atoms with E-state index in [0.29, 0.717) is 23.5 Å². The van der Waals surface area contributed by atoms with Crippen LogP contribution in [-0.4, -0.2) is 31.1 Å². The first-order valence-corrected chi connectivity index (χ1v) is 6.98. The molecule has 0 radical (unpaired) electrons. The highest BCUT2D eigenvalue weighted by atomic mass is 16.5. The van der Waals surface area contributed by atoms with Crippen LogP contribution in [0, 0.1) is 5.92 Å². The Bertz CT molecular complexity index is 778. The maximum atomic E-state index is 12.6. The van der Waals surface area contributed by atoms with Gasteiger partial charge in [-0.2, -0.15) is 0 Å². The molecule has 0 fully saturated rings. The molecule has 1 aliphatic carbocycles. The third-order valence-corrected chi connectivity index (χ3v) is 4.11. The molecular formula is C17H16O5. The van der Waals surface area contributed by atoms with Crippen molar-refractivity contribution < 1.29 is 24.2 Å². The summed E-state index contributed by atoms with van der Waals surface area (Å²) in [5.41, 5.74) is 1.47. The van der Waals surface area contributed by atoms with Gasteiger partial charge < -0.3 is 14.6 Å². The van der Waals surface area contributed by atoms with E-state index in [1.165, 1.54) is 0 Å². The fourth-order valence-electron chi connectivity index (χ4n) is 3.11. The molecule has 0 bridgehead atoms. The lowest BCUT2D eigenvalue weighted by atomic mass is 9.98. The number of ether oxygens (including phenoxy) is 2. The minimum atomic E-state index is -0.955. The molecule has 1 atom stereocenters. The summed E-state index contributed by atoms with van der Waals surface area (Å²) in [4.78, 5) is 23.5. The molecule has 0 aromatic heterocycles. The van der Waals surface area contributed by atoms with Gasteiger partial charge in [0, 0.05) is 16.9 Å². The lowest BCUT2D eigenvalue weighted by molar-refractivity contribution is -0.137. The van der Waals surface area contributed by atoms with Crippen LogP contribution in [0.2, 0.25) is 0 Å². The van der Waals surface area contributed by atoms with E-state index in [1.807, 2.05) is 18.2 Å². The molecule has 1 aliphatic rings. The Morgan fingerprint density at radius 3 is 2.64 bits per heavy atom. The number of fused-ring (bicyclic) bond motifs is 3. The second-order valence-electron chi connectivity index (χ2n) is 5.39. The Balaban J connectivity index is 2.19.